The standard InChI is InChI=1S/C12H10Cl2O4.C4H4N2/c1-5-2-6-3-7(18-4-8(15)16)10(13)11(14)9(6)12(5)17;1-2-5-4-6-3-1/h3,5H,2,4H2,1H3,(H,15,16);1-4H. The van der Waals surface area contributed by atoms with Gasteiger partial charge in [0.25, 0.3) is 0 Å². The highest BCUT2D eigenvalue weighted by Gasteiger charge is 2.32. The molecule has 6 nitrogen and oxygen atoms in total. The number of halogens is 2. The number of benzene rings is 1. The normalized spacial score (nSPS) is 15.3. The van der Waals surface area contributed by atoms with E-state index in [-0.39, 0.29) is 27.5 Å². The number of carbonyl (C=O) groups is 2. The second-order valence-electron chi connectivity index (χ2n) is 5.09. The minimum atomic E-state index is -1.10. The molecule has 1 aliphatic rings. The highest BCUT2D eigenvalue weighted by atomic mass is 35.5. The van der Waals surface area contributed by atoms with Gasteiger partial charge in [-0.15, -0.1) is 0 Å². The summed E-state index contributed by atoms with van der Waals surface area (Å²) in [5.41, 5.74) is 1.18. The largest absolute Gasteiger partial charge is 0.480 e. The monoisotopic (exact) mass is 368 g/mol. The summed E-state index contributed by atoms with van der Waals surface area (Å²) in [6.07, 6.45) is 5.44. The Morgan fingerprint density at radius 3 is 2.50 bits per heavy atom. The average molecular weight is 369 g/mol. The SMILES string of the molecule is CC1Cc2cc(OCC(=O)O)c(Cl)c(Cl)c2C1=O.c1cncnc1. The van der Waals surface area contributed by atoms with Gasteiger partial charge in [-0.25, -0.2) is 14.8 Å². The van der Waals surface area contributed by atoms with E-state index < -0.39 is 12.6 Å². The molecule has 24 heavy (non-hydrogen) atoms. The predicted octanol–water partition coefficient (Wildman–Crippen LogP) is 3.31. The second kappa shape index (κ2) is 8.08. The number of carboxylic acids is 1. The number of fused-ring (bicyclic) bond motifs is 1. The maximum Gasteiger partial charge on any atom is 0.341 e. The lowest BCUT2D eigenvalue weighted by atomic mass is 10.1. The number of ether oxygens (including phenoxy) is 1. The molecule has 126 valence electrons. The first-order valence-electron chi connectivity index (χ1n) is 7.01. The fourth-order valence-corrected chi connectivity index (χ4v) is 2.76. The number of Topliss-reactive ketones (excluding diaryl/α,β-unsaturated/α-hetero) is 1. The zero-order chi connectivity index (χ0) is 17.7. The molecule has 0 saturated carbocycles. The fourth-order valence-electron chi connectivity index (χ4n) is 2.25. The van der Waals surface area contributed by atoms with Gasteiger partial charge in [-0.3, -0.25) is 4.79 Å². The highest BCUT2D eigenvalue weighted by Crippen LogP contribution is 2.42. The molecule has 0 radical (unpaired) electrons. The van der Waals surface area contributed by atoms with E-state index in [1.54, 1.807) is 24.5 Å². The summed E-state index contributed by atoms with van der Waals surface area (Å²) in [5.74, 6) is -1.08. The number of carboxylic acid groups (broad SMARTS) is 1. The van der Waals surface area contributed by atoms with Crippen LogP contribution in [-0.2, 0) is 11.2 Å². The Labute approximate surface area is 148 Å². The summed E-state index contributed by atoms with van der Waals surface area (Å²) in [4.78, 5) is 29.7. The molecule has 3 rings (SSSR count). The zero-order valence-electron chi connectivity index (χ0n) is 12.7. The van der Waals surface area contributed by atoms with E-state index in [1.807, 2.05) is 6.92 Å². The molecule has 1 aromatic carbocycles. The molecule has 0 aliphatic heterocycles. The van der Waals surface area contributed by atoms with E-state index in [2.05, 4.69) is 9.97 Å². The molecule has 2 aromatic rings. The van der Waals surface area contributed by atoms with Crippen molar-refractivity contribution < 1.29 is 19.4 Å². The molecular formula is C16H14Cl2N2O4. The summed E-state index contributed by atoms with van der Waals surface area (Å²) in [6, 6.07) is 3.37. The Kier molecular flexibility index (Phi) is 6.11. The van der Waals surface area contributed by atoms with Crippen LogP contribution in [0.4, 0.5) is 0 Å². The van der Waals surface area contributed by atoms with Crippen molar-refractivity contribution in [3.05, 3.63) is 52.0 Å². The van der Waals surface area contributed by atoms with E-state index in [9.17, 15) is 9.59 Å². The van der Waals surface area contributed by atoms with Gasteiger partial charge in [0.15, 0.2) is 12.4 Å². The topological polar surface area (TPSA) is 89.4 Å². The van der Waals surface area contributed by atoms with Crippen molar-refractivity contribution in [2.45, 2.75) is 13.3 Å². The van der Waals surface area contributed by atoms with Crippen LogP contribution in [0.15, 0.2) is 30.9 Å². The lowest BCUT2D eigenvalue weighted by Crippen LogP contribution is -2.10. The molecule has 1 heterocycles. The van der Waals surface area contributed by atoms with Crippen molar-refractivity contribution in [2.24, 2.45) is 5.92 Å². The third-order valence-corrected chi connectivity index (χ3v) is 4.15. The molecule has 1 N–H and O–H groups in total. The third kappa shape index (κ3) is 4.21. The van der Waals surface area contributed by atoms with Crippen LogP contribution >= 0.6 is 23.2 Å². The maximum absolute atomic E-state index is 11.9. The predicted molar refractivity (Wildman–Crippen MR) is 88.8 cm³/mol. The van der Waals surface area contributed by atoms with E-state index in [0.717, 1.165) is 5.56 Å². The molecule has 0 bridgehead atoms. The smallest absolute Gasteiger partial charge is 0.341 e. The zero-order valence-corrected chi connectivity index (χ0v) is 14.2. The fraction of sp³-hybridized carbons (Fsp3) is 0.250. The number of hydrogen-bond donors (Lipinski definition) is 1. The van der Waals surface area contributed by atoms with Gasteiger partial charge in [-0.05, 0) is 24.1 Å². The van der Waals surface area contributed by atoms with Gasteiger partial charge in [-0.2, -0.15) is 0 Å². The summed E-state index contributed by atoms with van der Waals surface area (Å²) < 4.78 is 5.05. The Morgan fingerprint density at radius 1 is 1.33 bits per heavy atom. The number of aromatic nitrogens is 2. The molecule has 0 amide bonds. The molecule has 0 saturated heterocycles. The van der Waals surface area contributed by atoms with Crippen LogP contribution in [0.2, 0.25) is 10.0 Å². The van der Waals surface area contributed by atoms with E-state index in [1.165, 1.54) is 6.33 Å². The molecule has 1 aliphatic carbocycles. The minimum Gasteiger partial charge on any atom is -0.480 e. The van der Waals surface area contributed by atoms with Gasteiger partial charge < -0.3 is 9.84 Å². The third-order valence-electron chi connectivity index (χ3n) is 3.30. The average Bonchev–Trinajstić information content (AvgIpc) is 2.86. The number of aliphatic carboxylic acids is 1. The van der Waals surface area contributed by atoms with Crippen LogP contribution in [0.25, 0.3) is 0 Å². The van der Waals surface area contributed by atoms with Crippen LogP contribution < -0.4 is 4.74 Å². The van der Waals surface area contributed by atoms with Gasteiger partial charge in [0.1, 0.15) is 17.1 Å². The molecule has 1 unspecified atom stereocenters. The van der Waals surface area contributed by atoms with Gasteiger partial charge >= 0.3 is 5.97 Å². The summed E-state index contributed by atoms with van der Waals surface area (Å²) >= 11 is 12.0. The highest BCUT2D eigenvalue weighted by molar-refractivity contribution is 6.45. The summed E-state index contributed by atoms with van der Waals surface area (Å²) in [7, 11) is 0. The molecule has 0 spiro atoms. The summed E-state index contributed by atoms with van der Waals surface area (Å²) in [6.45, 7) is 1.31. The maximum atomic E-state index is 11.9. The van der Waals surface area contributed by atoms with Crippen molar-refractivity contribution in [1.82, 2.24) is 9.97 Å². The molecule has 0 fully saturated rings. The lowest BCUT2D eigenvalue weighted by Gasteiger charge is -2.10. The molecule has 8 heteroatoms. The van der Waals surface area contributed by atoms with Gasteiger partial charge in [0, 0.05) is 23.9 Å². The molecule has 1 aromatic heterocycles. The van der Waals surface area contributed by atoms with Crippen LogP contribution in [0.1, 0.15) is 22.8 Å². The first-order chi connectivity index (χ1) is 11.4. The van der Waals surface area contributed by atoms with Gasteiger partial charge in [0.05, 0.1) is 5.02 Å². The van der Waals surface area contributed by atoms with Crippen molar-refractivity contribution in [1.29, 1.82) is 0 Å². The number of nitrogens with zero attached hydrogens (tertiary/aromatic N) is 2. The summed E-state index contributed by atoms with van der Waals surface area (Å²) in [5, 5.41) is 8.78. The Balaban J connectivity index is 0.000000292. The van der Waals surface area contributed by atoms with Crippen molar-refractivity contribution in [3.63, 3.8) is 0 Å². The van der Waals surface area contributed by atoms with Crippen LogP contribution in [-0.4, -0.2) is 33.4 Å². The number of carbonyl (C=O) groups excluding carboxylic acids is 1. The van der Waals surface area contributed by atoms with Gasteiger partial charge in [-0.1, -0.05) is 30.1 Å². The first-order valence-corrected chi connectivity index (χ1v) is 7.77. The van der Waals surface area contributed by atoms with Crippen LogP contribution in [0.3, 0.4) is 0 Å². The number of ketones is 1. The Morgan fingerprint density at radius 2 is 2.00 bits per heavy atom. The van der Waals surface area contributed by atoms with E-state index in [0.29, 0.717) is 12.0 Å². The van der Waals surface area contributed by atoms with Gasteiger partial charge in [0.2, 0.25) is 0 Å². The Bertz CT molecular complexity index is 727. The molecular weight excluding hydrogens is 355 g/mol. The van der Waals surface area contributed by atoms with E-state index >= 15 is 0 Å². The van der Waals surface area contributed by atoms with Crippen molar-refractivity contribution >= 4 is 35.0 Å². The first kappa shape index (κ1) is 18.2. The number of rotatable bonds is 3. The van der Waals surface area contributed by atoms with Crippen molar-refractivity contribution in [3.8, 4) is 5.75 Å². The van der Waals surface area contributed by atoms with E-state index in [4.69, 9.17) is 33.0 Å². The van der Waals surface area contributed by atoms with Crippen LogP contribution in [0, 0.1) is 5.92 Å². The minimum absolute atomic E-state index is 0.0401. The van der Waals surface area contributed by atoms with Crippen molar-refractivity contribution in [2.75, 3.05) is 6.61 Å². The lowest BCUT2D eigenvalue weighted by molar-refractivity contribution is -0.139. The Hall–Kier alpha value is -2.18. The molecule has 1 atom stereocenters. The van der Waals surface area contributed by atoms with Crippen LogP contribution in [0.5, 0.6) is 5.75 Å². The number of hydrogen-bond acceptors (Lipinski definition) is 5. The second-order valence-corrected chi connectivity index (χ2v) is 5.85. The quantitative estimate of drug-likeness (QED) is 0.893.